The zero-order valence-corrected chi connectivity index (χ0v) is 9.91. The van der Waals surface area contributed by atoms with Gasteiger partial charge in [0.1, 0.15) is 5.60 Å². The van der Waals surface area contributed by atoms with Crippen LogP contribution in [0.3, 0.4) is 0 Å². The summed E-state index contributed by atoms with van der Waals surface area (Å²) in [4.78, 5) is 11.3. The van der Waals surface area contributed by atoms with Gasteiger partial charge in [0, 0.05) is 0 Å². The molecule has 4 nitrogen and oxygen atoms in total. The van der Waals surface area contributed by atoms with Gasteiger partial charge < -0.3 is 15.2 Å². The molecule has 0 saturated heterocycles. The average molecular weight is 215 g/mol. The molecule has 0 aliphatic heterocycles. The zero-order chi connectivity index (χ0) is 12.1. The lowest BCUT2D eigenvalue weighted by Gasteiger charge is -2.23. The molecule has 15 heavy (non-hydrogen) atoms. The fraction of sp³-hybridized carbons (Fsp3) is 0.727. The van der Waals surface area contributed by atoms with Gasteiger partial charge in [-0.3, -0.25) is 0 Å². The number of aliphatic hydroxyl groups excluding tert-OH is 1. The number of alkyl carbamates (subject to hydrolysis) is 1. The number of ether oxygens (including phenoxy) is 1. The standard InChI is InChI=1S/C11H21NO3/c1-6-7-9(13)8(2)12-10(14)15-11(3,4)5/h6,8-9,13H,1,7H2,2-5H3,(H,12,14)/t8-,9-/m0/s1. The van der Waals surface area contributed by atoms with Gasteiger partial charge >= 0.3 is 6.09 Å². The summed E-state index contributed by atoms with van der Waals surface area (Å²) < 4.78 is 5.05. The highest BCUT2D eigenvalue weighted by atomic mass is 16.6. The van der Waals surface area contributed by atoms with E-state index in [-0.39, 0.29) is 6.04 Å². The summed E-state index contributed by atoms with van der Waals surface area (Å²) in [5.41, 5.74) is -0.521. The lowest BCUT2D eigenvalue weighted by atomic mass is 10.1. The van der Waals surface area contributed by atoms with Crippen molar-refractivity contribution >= 4 is 6.09 Å². The van der Waals surface area contributed by atoms with Crippen molar-refractivity contribution in [3.05, 3.63) is 12.7 Å². The molecule has 0 rings (SSSR count). The van der Waals surface area contributed by atoms with Crippen LogP contribution in [0.1, 0.15) is 34.1 Å². The molecule has 0 heterocycles. The first-order valence-electron chi connectivity index (χ1n) is 5.04. The monoisotopic (exact) mass is 215 g/mol. The molecule has 2 N–H and O–H groups in total. The van der Waals surface area contributed by atoms with Gasteiger partial charge in [-0.25, -0.2) is 4.79 Å². The van der Waals surface area contributed by atoms with Crippen LogP contribution in [0.4, 0.5) is 4.79 Å². The Morgan fingerprint density at radius 3 is 2.53 bits per heavy atom. The maximum atomic E-state index is 11.3. The lowest BCUT2D eigenvalue weighted by molar-refractivity contribution is 0.0439. The molecule has 1 amide bonds. The van der Waals surface area contributed by atoms with Gasteiger partial charge in [-0.1, -0.05) is 6.08 Å². The summed E-state index contributed by atoms with van der Waals surface area (Å²) >= 11 is 0. The first-order chi connectivity index (χ1) is 6.76. The third-order valence-electron chi connectivity index (χ3n) is 1.73. The minimum absolute atomic E-state index is 0.349. The summed E-state index contributed by atoms with van der Waals surface area (Å²) in [6.07, 6.45) is 0.905. The summed E-state index contributed by atoms with van der Waals surface area (Å²) in [6, 6.07) is -0.349. The van der Waals surface area contributed by atoms with Crippen LogP contribution >= 0.6 is 0 Å². The summed E-state index contributed by atoms with van der Waals surface area (Å²) in [7, 11) is 0. The number of aliphatic hydroxyl groups is 1. The number of amides is 1. The van der Waals surface area contributed by atoms with Crippen LogP contribution in [0.25, 0.3) is 0 Å². The summed E-state index contributed by atoms with van der Waals surface area (Å²) in [5, 5.41) is 12.1. The highest BCUT2D eigenvalue weighted by molar-refractivity contribution is 5.68. The molecule has 0 aromatic carbocycles. The summed E-state index contributed by atoms with van der Waals surface area (Å²) in [5.74, 6) is 0. The molecule has 0 unspecified atom stereocenters. The van der Waals surface area contributed by atoms with Crippen molar-refractivity contribution in [3.8, 4) is 0 Å². The van der Waals surface area contributed by atoms with E-state index in [1.165, 1.54) is 0 Å². The molecule has 0 aromatic heterocycles. The maximum absolute atomic E-state index is 11.3. The summed E-state index contributed by atoms with van der Waals surface area (Å²) in [6.45, 7) is 10.6. The van der Waals surface area contributed by atoms with Crippen molar-refractivity contribution in [1.29, 1.82) is 0 Å². The minimum atomic E-state index is -0.630. The van der Waals surface area contributed by atoms with E-state index in [4.69, 9.17) is 4.74 Å². The van der Waals surface area contributed by atoms with Crippen LogP contribution in [0.5, 0.6) is 0 Å². The third-order valence-corrected chi connectivity index (χ3v) is 1.73. The molecular weight excluding hydrogens is 194 g/mol. The molecular formula is C11H21NO3. The van der Waals surface area contributed by atoms with Gasteiger partial charge in [0.05, 0.1) is 12.1 Å². The number of hydrogen-bond donors (Lipinski definition) is 2. The van der Waals surface area contributed by atoms with Crippen molar-refractivity contribution in [2.24, 2.45) is 0 Å². The second-order valence-electron chi connectivity index (χ2n) is 4.53. The van der Waals surface area contributed by atoms with Crippen LogP contribution in [-0.4, -0.2) is 28.9 Å². The van der Waals surface area contributed by atoms with Crippen LogP contribution in [0.2, 0.25) is 0 Å². The highest BCUT2D eigenvalue weighted by Crippen LogP contribution is 2.07. The molecule has 0 fully saturated rings. The third kappa shape index (κ3) is 6.96. The SMILES string of the molecule is C=CC[C@H](O)[C@H](C)NC(=O)OC(C)(C)C. The highest BCUT2D eigenvalue weighted by Gasteiger charge is 2.20. The number of nitrogens with one attached hydrogen (secondary N) is 1. The number of hydrogen-bond acceptors (Lipinski definition) is 3. The van der Waals surface area contributed by atoms with E-state index in [0.717, 1.165) is 0 Å². The van der Waals surface area contributed by atoms with Gasteiger partial charge in [-0.15, -0.1) is 6.58 Å². The normalized spacial score (nSPS) is 15.3. The molecule has 0 saturated carbocycles. The molecule has 0 aliphatic rings. The van der Waals surface area contributed by atoms with E-state index >= 15 is 0 Å². The molecule has 0 aliphatic carbocycles. The Morgan fingerprint density at radius 1 is 1.60 bits per heavy atom. The maximum Gasteiger partial charge on any atom is 0.407 e. The lowest BCUT2D eigenvalue weighted by Crippen LogP contribution is -2.43. The number of rotatable bonds is 4. The Balaban J connectivity index is 4.01. The number of carbonyl (C=O) groups is 1. The average Bonchev–Trinajstić information content (AvgIpc) is 2.00. The van der Waals surface area contributed by atoms with Gasteiger partial charge in [-0.05, 0) is 34.1 Å². The Labute approximate surface area is 91.3 Å². The van der Waals surface area contributed by atoms with Crippen molar-refractivity contribution in [3.63, 3.8) is 0 Å². The fourth-order valence-electron chi connectivity index (χ4n) is 0.965. The Morgan fingerprint density at radius 2 is 2.13 bits per heavy atom. The van der Waals surface area contributed by atoms with E-state index in [2.05, 4.69) is 11.9 Å². The van der Waals surface area contributed by atoms with Crippen molar-refractivity contribution in [2.75, 3.05) is 0 Å². The Kier molecular flexibility index (Phi) is 5.36. The van der Waals surface area contributed by atoms with Crippen molar-refractivity contribution < 1.29 is 14.6 Å². The van der Waals surface area contributed by atoms with Gasteiger partial charge in [0.25, 0.3) is 0 Å². The second-order valence-corrected chi connectivity index (χ2v) is 4.53. The van der Waals surface area contributed by atoms with E-state index in [1.807, 2.05) is 0 Å². The van der Waals surface area contributed by atoms with Gasteiger partial charge in [0.15, 0.2) is 0 Å². The van der Waals surface area contributed by atoms with Crippen molar-refractivity contribution in [1.82, 2.24) is 5.32 Å². The van der Waals surface area contributed by atoms with Crippen molar-refractivity contribution in [2.45, 2.75) is 51.9 Å². The van der Waals surface area contributed by atoms with Crippen LogP contribution in [-0.2, 0) is 4.74 Å². The van der Waals surface area contributed by atoms with Crippen LogP contribution in [0.15, 0.2) is 12.7 Å². The molecule has 0 spiro atoms. The first kappa shape index (κ1) is 14.0. The van der Waals surface area contributed by atoms with Crippen LogP contribution in [0, 0.1) is 0 Å². The van der Waals surface area contributed by atoms with E-state index in [1.54, 1.807) is 33.8 Å². The molecule has 4 heteroatoms. The predicted octanol–water partition coefficient (Wildman–Crippen LogP) is 1.84. The van der Waals surface area contributed by atoms with Gasteiger partial charge in [0.2, 0.25) is 0 Å². The van der Waals surface area contributed by atoms with Gasteiger partial charge in [-0.2, -0.15) is 0 Å². The fourth-order valence-corrected chi connectivity index (χ4v) is 0.965. The van der Waals surface area contributed by atoms with Crippen LogP contribution < -0.4 is 5.32 Å². The molecule has 88 valence electrons. The zero-order valence-electron chi connectivity index (χ0n) is 9.91. The molecule has 2 atom stereocenters. The largest absolute Gasteiger partial charge is 0.444 e. The van der Waals surface area contributed by atoms with E-state index < -0.39 is 17.8 Å². The molecule has 0 bridgehead atoms. The molecule has 0 radical (unpaired) electrons. The quantitative estimate of drug-likeness (QED) is 0.703. The first-order valence-corrected chi connectivity index (χ1v) is 5.04. The Bertz CT molecular complexity index is 220. The molecule has 0 aromatic rings. The minimum Gasteiger partial charge on any atom is -0.444 e. The second kappa shape index (κ2) is 5.75. The predicted molar refractivity (Wildman–Crippen MR) is 59.7 cm³/mol. The van der Waals surface area contributed by atoms with E-state index in [0.29, 0.717) is 6.42 Å². The van der Waals surface area contributed by atoms with E-state index in [9.17, 15) is 9.90 Å². The topological polar surface area (TPSA) is 58.6 Å². The smallest absolute Gasteiger partial charge is 0.407 e. The Hall–Kier alpha value is -1.03. The number of carbonyl (C=O) groups excluding carboxylic acids is 1.